The summed E-state index contributed by atoms with van der Waals surface area (Å²) >= 11 is 7.13. The predicted molar refractivity (Wildman–Crippen MR) is 79.5 cm³/mol. The van der Waals surface area contributed by atoms with Crippen molar-refractivity contribution in [2.45, 2.75) is 23.6 Å². The molecule has 1 rings (SSSR count). The molecule has 0 aliphatic rings. The van der Waals surface area contributed by atoms with Gasteiger partial charge < -0.3 is 0 Å². The quantitative estimate of drug-likeness (QED) is 0.596. The lowest BCUT2D eigenvalue weighted by Gasteiger charge is -2.12. The molecule has 3 nitrogen and oxygen atoms in total. The molecule has 0 amide bonds. The van der Waals surface area contributed by atoms with Crippen molar-refractivity contribution in [3.63, 3.8) is 0 Å². The second-order valence-electron chi connectivity index (χ2n) is 4.21. The van der Waals surface area contributed by atoms with Gasteiger partial charge in [0.15, 0.2) is 9.84 Å². The average Bonchev–Trinajstić information content (AvgIpc) is 2.38. The molecule has 0 spiro atoms. The van der Waals surface area contributed by atoms with Crippen molar-refractivity contribution in [2.24, 2.45) is 5.92 Å². The van der Waals surface area contributed by atoms with Gasteiger partial charge in [-0.3, -0.25) is 0 Å². The first-order valence-corrected chi connectivity index (χ1v) is 9.08. The van der Waals surface area contributed by atoms with Gasteiger partial charge in [-0.15, -0.1) is 23.4 Å². The van der Waals surface area contributed by atoms with Crippen LogP contribution in [0, 0.1) is 17.2 Å². The van der Waals surface area contributed by atoms with Crippen molar-refractivity contribution < 1.29 is 8.42 Å². The van der Waals surface area contributed by atoms with E-state index in [9.17, 15) is 13.7 Å². The summed E-state index contributed by atoms with van der Waals surface area (Å²) in [5, 5.41) is 9.23. The van der Waals surface area contributed by atoms with Gasteiger partial charge >= 0.3 is 0 Å². The molecule has 0 radical (unpaired) electrons. The first-order chi connectivity index (χ1) is 8.96. The summed E-state index contributed by atoms with van der Waals surface area (Å²) in [5.41, 5.74) is 0.246. The number of nitrogens with zero attached hydrogens (tertiary/aromatic N) is 1. The Morgan fingerprint density at radius 2 is 2.16 bits per heavy atom. The Morgan fingerprint density at radius 3 is 2.68 bits per heavy atom. The standard InChI is InChI=1S/C13H16ClNO2S2/c1-3-18-12-5-4-6-13(11(12)8-15)19(16,17)9-10(2)7-14/h4-6,10H,3,7,9H2,1-2H3. The summed E-state index contributed by atoms with van der Waals surface area (Å²) in [5.74, 6) is 0.896. The lowest BCUT2D eigenvalue weighted by atomic mass is 10.2. The van der Waals surface area contributed by atoms with Gasteiger partial charge in [0.25, 0.3) is 0 Å². The molecule has 1 atom stereocenters. The van der Waals surface area contributed by atoms with E-state index in [1.807, 2.05) is 13.0 Å². The Balaban J connectivity index is 3.27. The van der Waals surface area contributed by atoms with E-state index in [0.717, 1.165) is 5.75 Å². The zero-order chi connectivity index (χ0) is 14.5. The Hall–Kier alpha value is -0.700. The van der Waals surface area contributed by atoms with Crippen LogP contribution in [0.1, 0.15) is 19.4 Å². The Bertz CT molecular complexity index is 579. The van der Waals surface area contributed by atoms with E-state index in [0.29, 0.717) is 4.90 Å². The Morgan fingerprint density at radius 1 is 1.47 bits per heavy atom. The third-order valence-electron chi connectivity index (χ3n) is 2.50. The van der Waals surface area contributed by atoms with Crippen LogP contribution in [-0.2, 0) is 9.84 Å². The minimum atomic E-state index is -3.48. The molecule has 0 bridgehead atoms. The molecule has 1 unspecified atom stereocenters. The maximum Gasteiger partial charge on any atom is 0.180 e. The number of benzene rings is 1. The zero-order valence-corrected chi connectivity index (χ0v) is 13.3. The first-order valence-electron chi connectivity index (χ1n) is 5.90. The molecular formula is C13H16ClNO2S2. The summed E-state index contributed by atoms with van der Waals surface area (Å²) in [6.45, 7) is 3.74. The molecule has 1 aromatic carbocycles. The molecule has 6 heteroatoms. The van der Waals surface area contributed by atoms with E-state index in [1.54, 1.807) is 19.1 Å². The summed E-state index contributed by atoms with van der Waals surface area (Å²) < 4.78 is 24.6. The van der Waals surface area contributed by atoms with E-state index in [4.69, 9.17) is 11.6 Å². The highest BCUT2D eigenvalue weighted by atomic mass is 35.5. The number of rotatable bonds is 6. The van der Waals surface area contributed by atoms with Crippen LogP contribution in [-0.4, -0.2) is 25.8 Å². The van der Waals surface area contributed by atoms with Gasteiger partial charge in [-0.2, -0.15) is 5.26 Å². The van der Waals surface area contributed by atoms with E-state index in [-0.39, 0.29) is 28.0 Å². The van der Waals surface area contributed by atoms with Crippen molar-refractivity contribution in [2.75, 3.05) is 17.4 Å². The molecule has 1 aromatic rings. The Labute approximate surface area is 123 Å². The monoisotopic (exact) mass is 317 g/mol. The molecule has 0 saturated heterocycles. The maximum absolute atomic E-state index is 12.3. The number of nitriles is 1. The third-order valence-corrected chi connectivity index (χ3v) is 5.99. The van der Waals surface area contributed by atoms with Crippen LogP contribution in [0.15, 0.2) is 28.0 Å². The van der Waals surface area contributed by atoms with Gasteiger partial charge in [0.2, 0.25) is 0 Å². The molecule has 0 aliphatic heterocycles. The number of hydrogen-bond acceptors (Lipinski definition) is 4. The van der Waals surface area contributed by atoms with Crippen LogP contribution in [0.4, 0.5) is 0 Å². The van der Waals surface area contributed by atoms with E-state index in [2.05, 4.69) is 0 Å². The van der Waals surface area contributed by atoms with Crippen molar-refractivity contribution >= 4 is 33.2 Å². The van der Waals surface area contributed by atoms with E-state index < -0.39 is 9.84 Å². The van der Waals surface area contributed by atoms with Crippen LogP contribution in [0.5, 0.6) is 0 Å². The van der Waals surface area contributed by atoms with Crippen LogP contribution in [0.2, 0.25) is 0 Å². The van der Waals surface area contributed by atoms with Gasteiger partial charge in [0, 0.05) is 10.8 Å². The molecule has 0 fully saturated rings. The highest BCUT2D eigenvalue weighted by Gasteiger charge is 2.23. The van der Waals surface area contributed by atoms with E-state index >= 15 is 0 Å². The number of hydrogen-bond donors (Lipinski definition) is 0. The summed E-state index contributed by atoms with van der Waals surface area (Å²) in [7, 11) is -3.48. The fourth-order valence-electron chi connectivity index (χ4n) is 1.67. The maximum atomic E-state index is 12.3. The number of sulfone groups is 1. The highest BCUT2D eigenvalue weighted by Crippen LogP contribution is 2.28. The number of alkyl halides is 1. The van der Waals surface area contributed by atoms with Crippen molar-refractivity contribution in [1.29, 1.82) is 5.26 Å². The van der Waals surface area contributed by atoms with Gasteiger partial charge in [-0.1, -0.05) is 19.9 Å². The molecule has 0 saturated carbocycles. The molecule has 104 valence electrons. The summed E-state index contributed by atoms with van der Waals surface area (Å²) in [4.78, 5) is 0.829. The molecular weight excluding hydrogens is 302 g/mol. The molecule has 0 aliphatic carbocycles. The van der Waals surface area contributed by atoms with Gasteiger partial charge in [-0.05, 0) is 23.8 Å². The average molecular weight is 318 g/mol. The lowest BCUT2D eigenvalue weighted by molar-refractivity contribution is 0.582. The molecule has 0 N–H and O–H groups in total. The lowest BCUT2D eigenvalue weighted by Crippen LogP contribution is -2.16. The van der Waals surface area contributed by atoms with Gasteiger partial charge in [-0.25, -0.2) is 8.42 Å². The number of halogens is 1. The SMILES string of the molecule is CCSc1cccc(S(=O)(=O)CC(C)CCl)c1C#N. The van der Waals surface area contributed by atoms with Crippen molar-refractivity contribution in [3.8, 4) is 6.07 Å². The molecule has 0 aromatic heterocycles. The molecule has 0 heterocycles. The van der Waals surface area contributed by atoms with Crippen LogP contribution in [0.3, 0.4) is 0 Å². The van der Waals surface area contributed by atoms with Crippen LogP contribution >= 0.6 is 23.4 Å². The Kier molecular flexibility index (Phi) is 6.18. The second kappa shape index (κ2) is 7.18. The zero-order valence-electron chi connectivity index (χ0n) is 10.9. The van der Waals surface area contributed by atoms with Crippen molar-refractivity contribution in [1.82, 2.24) is 0 Å². The number of thioether (sulfide) groups is 1. The largest absolute Gasteiger partial charge is 0.224 e. The minimum Gasteiger partial charge on any atom is -0.224 e. The van der Waals surface area contributed by atoms with Crippen LogP contribution in [0.25, 0.3) is 0 Å². The normalized spacial score (nSPS) is 12.9. The second-order valence-corrected chi connectivity index (χ2v) is 7.83. The summed E-state index contributed by atoms with van der Waals surface area (Å²) in [6, 6.07) is 6.96. The third kappa shape index (κ3) is 4.13. The summed E-state index contributed by atoms with van der Waals surface area (Å²) in [6.07, 6.45) is 0. The van der Waals surface area contributed by atoms with Crippen molar-refractivity contribution in [3.05, 3.63) is 23.8 Å². The smallest absolute Gasteiger partial charge is 0.180 e. The fraction of sp³-hybridized carbons (Fsp3) is 0.462. The highest BCUT2D eigenvalue weighted by molar-refractivity contribution is 7.99. The predicted octanol–water partition coefficient (Wildman–Crippen LogP) is 3.32. The van der Waals surface area contributed by atoms with Gasteiger partial charge in [0.1, 0.15) is 6.07 Å². The minimum absolute atomic E-state index is 0.0363. The molecule has 19 heavy (non-hydrogen) atoms. The van der Waals surface area contributed by atoms with Crippen LogP contribution < -0.4 is 0 Å². The first kappa shape index (κ1) is 16.4. The van der Waals surface area contributed by atoms with E-state index in [1.165, 1.54) is 17.8 Å². The fourth-order valence-corrected chi connectivity index (χ4v) is 4.55. The van der Waals surface area contributed by atoms with Gasteiger partial charge in [0.05, 0.1) is 16.2 Å². The topological polar surface area (TPSA) is 57.9 Å².